The van der Waals surface area contributed by atoms with Crippen LogP contribution < -0.4 is 9.46 Å². The van der Waals surface area contributed by atoms with Crippen LogP contribution in [0.15, 0.2) is 65.7 Å². The average Bonchev–Trinajstić information content (AvgIpc) is 2.97. The molecule has 3 rings (SSSR count). The highest BCUT2D eigenvalue weighted by molar-refractivity contribution is 7.92. The molecule has 0 atom stereocenters. The fraction of sp³-hybridized carbons (Fsp3) is 0.167. The number of hydrogen-bond acceptors (Lipinski definition) is 4. The first kappa shape index (κ1) is 17.0. The van der Waals surface area contributed by atoms with Crippen molar-refractivity contribution in [2.75, 3.05) is 11.8 Å². The van der Waals surface area contributed by atoms with Crippen LogP contribution in [0.4, 0.5) is 5.69 Å². The van der Waals surface area contributed by atoms with Gasteiger partial charge in [-0.15, -0.1) is 0 Å². The van der Waals surface area contributed by atoms with Crippen molar-refractivity contribution in [3.8, 4) is 5.75 Å². The van der Waals surface area contributed by atoms with Crippen LogP contribution >= 0.6 is 0 Å². The first-order chi connectivity index (χ1) is 12.0. The Kier molecular flexibility index (Phi) is 4.76. The van der Waals surface area contributed by atoms with Crippen molar-refractivity contribution in [2.24, 2.45) is 0 Å². The van der Waals surface area contributed by atoms with Gasteiger partial charge in [-0.1, -0.05) is 42.5 Å². The summed E-state index contributed by atoms with van der Waals surface area (Å²) < 4.78 is 34.9. The van der Waals surface area contributed by atoms with Gasteiger partial charge in [-0.05, 0) is 24.6 Å². The molecule has 1 aromatic heterocycles. The Morgan fingerprint density at radius 1 is 1.08 bits per heavy atom. The van der Waals surface area contributed by atoms with E-state index in [1.165, 1.54) is 7.11 Å². The minimum atomic E-state index is -3.76. The summed E-state index contributed by atoms with van der Waals surface area (Å²) in [6, 6.07) is 16.6. The molecular formula is C18H19N3O3S. The summed E-state index contributed by atoms with van der Waals surface area (Å²) in [5.74, 6) is 0.459. The second-order valence-electron chi connectivity index (χ2n) is 5.57. The number of methoxy groups -OCH3 is 1. The van der Waals surface area contributed by atoms with Gasteiger partial charge in [0.1, 0.15) is 10.6 Å². The molecule has 25 heavy (non-hydrogen) atoms. The summed E-state index contributed by atoms with van der Waals surface area (Å²) in [5.41, 5.74) is 1.88. The Hall–Kier alpha value is -2.80. The van der Waals surface area contributed by atoms with Gasteiger partial charge < -0.3 is 4.74 Å². The van der Waals surface area contributed by atoms with Crippen molar-refractivity contribution in [1.29, 1.82) is 0 Å². The van der Waals surface area contributed by atoms with Crippen molar-refractivity contribution >= 4 is 15.7 Å². The highest BCUT2D eigenvalue weighted by Crippen LogP contribution is 2.26. The summed E-state index contributed by atoms with van der Waals surface area (Å²) >= 11 is 0. The molecule has 0 aliphatic rings. The van der Waals surface area contributed by atoms with E-state index in [2.05, 4.69) is 9.82 Å². The number of para-hydroxylation sites is 2. The summed E-state index contributed by atoms with van der Waals surface area (Å²) in [4.78, 5) is 0.148. The highest BCUT2D eigenvalue weighted by Gasteiger charge is 2.21. The first-order valence-electron chi connectivity index (χ1n) is 7.73. The van der Waals surface area contributed by atoms with Crippen molar-refractivity contribution in [3.63, 3.8) is 0 Å². The SMILES string of the molecule is COc1ccccc1NS(=O)(=O)c1cn(Cc2ccccc2)nc1C. The monoisotopic (exact) mass is 357 g/mol. The summed E-state index contributed by atoms with van der Waals surface area (Å²) in [7, 11) is -2.27. The lowest BCUT2D eigenvalue weighted by atomic mass is 10.2. The minimum absolute atomic E-state index is 0.148. The number of benzene rings is 2. The molecule has 7 heteroatoms. The Morgan fingerprint density at radius 2 is 1.76 bits per heavy atom. The molecule has 2 aromatic carbocycles. The lowest BCUT2D eigenvalue weighted by molar-refractivity contribution is 0.417. The number of hydrogen-bond donors (Lipinski definition) is 1. The number of rotatable bonds is 6. The number of ether oxygens (including phenoxy) is 1. The van der Waals surface area contributed by atoms with Gasteiger partial charge in [0.05, 0.1) is 25.0 Å². The van der Waals surface area contributed by atoms with Crippen molar-refractivity contribution in [3.05, 3.63) is 72.1 Å². The van der Waals surface area contributed by atoms with Gasteiger partial charge in [0, 0.05) is 6.20 Å². The molecule has 130 valence electrons. The minimum Gasteiger partial charge on any atom is -0.495 e. The fourth-order valence-electron chi connectivity index (χ4n) is 2.54. The molecule has 6 nitrogen and oxygen atoms in total. The third-order valence-electron chi connectivity index (χ3n) is 3.73. The van der Waals surface area contributed by atoms with Crippen LogP contribution in [-0.4, -0.2) is 25.3 Å². The maximum atomic E-state index is 12.7. The quantitative estimate of drug-likeness (QED) is 0.736. The summed E-state index contributed by atoms with van der Waals surface area (Å²) in [6.07, 6.45) is 1.54. The maximum Gasteiger partial charge on any atom is 0.265 e. The molecular weight excluding hydrogens is 338 g/mol. The number of aromatic nitrogens is 2. The molecule has 0 aliphatic heterocycles. The predicted molar refractivity (Wildman–Crippen MR) is 96.3 cm³/mol. The van der Waals surface area contributed by atoms with Gasteiger partial charge >= 0.3 is 0 Å². The zero-order chi connectivity index (χ0) is 17.9. The zero-order valence-electron chi connectivity index (χ0n) is 14.0. The third kappa shape index (κ3) is 3.83. The number of nitrogens with zero attached hydrogens (tertiary/aromatic N) is 2. The molecule has 0 radical (unpaired) electrons. The molecule has 0 bridgehead atoms. The Bertz CT molecular complexity index is 966. The Morgan fingerprint density at radius 3 is 2.48 bits per heavy atom. The van der Waals surface area contributed by atoms with Crippen LogP contribution in [0.5, 0.6) is 5.75 Å². The van der Waals surface area contributed by atoms with Crippen molar-refractivity contribution in [2.45, 2.75) is 18.4 Å². The van der Waals surface area contributed by atoms with E-state index < -0.39 is 10.0 Å². The van der Waals surface area contributed by atoms with Crippen LogP contribution in [0.3, 0.4) is 0 Å². The van der Waals surface area contributed by atoms with E-state index in [4.69, 9.17) is 4.74 Å². The molecule has 1 heterocycles. The maximum absolute atomic E-state index is 12.7. The van der Waals surface area contributed by atoms with E-state index in [9.17, 15) is 8.42 Å². The van der Waals surface area contributed by atoms with Crippen LogP contribution in [0, 0.1) is 6.92 Å². The lowest BCUT2D eigenvalue weighted by Crippen LogP contribution is -2.14. The highest BCUT2D eigenvalue weighted by atomic mass is 32.2. The number of anilines is 1. The molecule has 1 N–H and O–H groups in total. The topological polar surface area (TPSA) is 73.2 Å². The van der Waals surface area contributed by atoms with Gasteiger partial charge in [-0.3, -0.25) is 9.40 Å². The lowest BCUT2D eigenvalue weighted by Gasteiger charge is -2.10. The van der Waals surface area contributed by atoms with E-state index in [1.54, 1.807) is 42.1 Å². The standard InChI is InChI=1S/C18H19N3O3S/c1-14-18(13-21(19-14)12-15-8-4-3-5-9-15)25(22,23)20-16-10-6-7-11-17(16)24-2/h3-11,13,20H,12H2,1-2H3. The molecule has 0 fully saturated rings. The Labute approximate surface area is 147 Å². The van der Waals surface area contributed by atoms with E-state index >= 15 is 0 Å². The number of sulfonamides is 1. The van der Waals surface area contributed by atoms with Crippen molar-refractivity contribution < 1.29 is 13.2 Å². The van der Waals surface area contributed by atoms with Crippen LogP contribution in [-0.2, 0) is 16.6 Å². The first-order valence-corrected chi connectivity index (χ1v) is 9.22. The molecule has 0 amide bonds. The molecule has 0 saturated heterocycles. The molecule has 3 aromatic rings. The third-order valence-corrected chi connectivity index (χ3v) is 5.20. The van der Waals surface area contributed by atoms with Gasteiger partial charge in [0.15, 0.2) is 0 Å². The average molecular weight is 357 g/mol. The summed E-state index contributed by atoms with van der Waals surface area (Å²) in [5, 5.41) is 4.32. The predicted octanol–water partition coefficient (Wildman–Crippen LogP) is 3.05. The normalized spacial score (nSPS) is 11.3. The molecule has 0 unspecified atom stereocenters. The fourth-order valence-corrected chi connectivity index (χ4v) is 3.80. The largest absolute Gasteiger partial charge is 0.495 e. The smallest absolute Gasteiger partial charge is 0.265 e. The van der Waals surface area contributed by atoms with E-state index in [0.29, 0.717) is 23.7 Å². The Balaban J connectivity index is 1.87. The second kappa shape index (κ2) is 6.98. The van der Waals surface area contributed by atoms with E-state index in [-0.39, 0.29) is 4.90 Å². The van der Waals surface area contributed by atoms with Gasteiger partial charge in [-0.2, -0.15) is 5.10 Å². The number of aryl methyl sites for hydroxylation is 1. The zero-order valence-corrected chi connectivity index (χ0v) is 14.8. The van der Waals surface area contributed by atoms with Crippen LogP contribution in [0.2, 0.25) is 0 Å². The molecule has 0 saturated carbocycles. The summed E-state index contributed by atoms with van der Waals surface area (Å²) in [6.45, 7) is 2.18. The van der Waals surface area contributed by atoms with Gasteiger partial charge in [0.25, 0.3) is 10.0 Å². The van der Waals surface area contributed by atoms with E-state index in [0.717, 1.165) is 5.56 Å². The molecule has 0 aliphatic carbocycles. The van der Waals surface area contributed by atoms with Gasteiger partial charge in [0.2, 0.25) is 0 Å². The van der Waals surface area contributed by atoms with Crippen molar-refractivity contribution in [1.82, 2.24) is 9.78 Å². The second-order valence-corrected chi connectivity index (χ2v) is 7.22. The van der Waals surface area contributed by atoms with E-state index in [1.807, 2.05) is 30.3 Å². The van der Waals surface area contributed by atoms with Crippen LogP contribution in [0.1, 0.15) is 11.3 Å². The number of nitrogens with one attached hydrogen (secondary N) is 1. The van der Waals surface area contributed by atoms with Gasteiger partial charge in [-0.25, -0.2) is 8.42 Å². The molecule has 0 spiro atoms. The van der Waals surface area contributed by atoms with Crippen LogP contribution in [0.25, 0.3) is 0 Å².